The fourth-order valence-electron chi connectivity index (χ4n) is 8.79. The number of nitrogens with zero attached hydrogens (tertiary/aromatic N) is 5. The van der Waals surface area contributed by atoms with Gasteiger partial charge in [-0.25, -0.2) is 19.9 Å². The van der Waals surface area contributed by atoms with E-state index in [2.05, 4.69) is 37.8 Å². The Morgan fingerprint density at radius 3 is 1.30 bits per heavy atom. The molecule has 2 aliphatic rings. The van der Waals surface area contributed by atoms with Crippen LogP contribution in [0.4, 0.5) is 11.9 Å². The van der Waals surface area contributed by atoms with E-state index in [4.69, 9.17) is 70.3 Å². The molecule has 8 rings (SSSR count). The molecule has 6 aromatic rings. The Morgan fingerprint density at radius 2 is 0.971 bits per heavy atom. The number of methoxy groups -OCH3 is 4. The maximum Gasteiger partial charge on any atom is 0.306 e. The standard InChI is InChI=1S/C25H28Cl2N4O3.C23H23Cl2N3O4.C2H7N.CH4/c1-13-8-15(24(32)31(2)3)10-18(13)30-25-28-12-16-9-14(6-7-17(16)29-25)21-22(26)19(33-4)11-20(34-5)23(21)27;1-11-6-13(22(29)30)8-16(11)28-23-26-10-14-7-12(4-5-15(14)27-23)19-20(24)17(31-2)9-18(32-3)21(19)25;1-3-2;/h6-7,9,11-13,15,18H,8,10H2,1-5H3,(H,28,29,30);4-5,7,9-11,13,16H,6,8H2,1-3H3,(H,29,30)(H,26,27,28);3H,1-2H3;1H4/t13?,15-,18?;;;/m1.../s1. The molecule has 0 saturated heterocycles. The molecule has 19 heteroatoms. The molecule has 2 heterocycles. The summed E-state index contributed by atoms with van der Waals surface area (Å²) in [5.41, 5.74) is 4.35. The molecule has 5 unspecified atom stereocenters. The van der Waals surface area contributed by atoms with E-state index in [-0.39, 0.29) is 43.2 Å². The third-order valence-corrected chi connectivity index (χ3v) is 13.9. The minimum Gasteiger partial charge on any atom is -0.495 e. The summed E-state index contributed by atoms with van der Waals surface area (Å²) >= 11 is 26.3. The van der Waals surface area contributed by atoms with Crippen LogP contribution in [0.25, 0.3) is 44.1 Å². The summed E-state index contributed by atoms with van der Waals surface area (Å²) in [6.07, 6.45) is 6.34. The van der Waals surface area contributed by atoms with E-state index in [1.165, 1.54) is 14.2 Å². The molecule has 0 aliphatic heterocycles. The van der Waals surface area contributed by atoms with Crippen molar-refractivity contribution >= 4 is 92.0 Å². The fraction of sp³-hybridized carbons (Fsp3) is 0.412. The lowest BCUT2D eigenvalue weighted by molar-refractivity contribution is -0.141. The molecule has 1 amide bonds. The van der Waals surface area contributed by atoms with Crippen molar-refractivity contribution in [3.8, 4) is 45.3 Å². The zero-order valence-corrected chi connectivity index (χ0v) is 43.2. The van der Waals surface area contributed by atoms with Crippen LogP contribution in [0.5, 0.6) is 23.0 Å². The summed E-state index contributed by atoms with van der Waals surface area (Å²) in [6, 6.07) is 14.9. The van der Waals surface area contributed by atoms with Crippen molar-refractivity contribution in [3.63, 3.8) is 0 Å². The number of fused-ring (bicyclic) bond motifs is 2. The topological polar surface area (TPSA) is 182 Å². The second kappa shape index (κ2) is 24.5. The van der Waals surface area contributed by atoms with E-state index in [9.17, 15) is 14.7 Å². The lowest BCUT2D eigenvalue weighted by Crippen LogP contribution is -2.29. The van der Waals surface area contributed by atoms with Crippen LogP contribution in [-0.4, -0.2) is 111 Å². The third-order valence-electron chi connectivity index (χ3n) is 12.4. The number of carbonyl (C=O) groups excluding carboxylic acids is 1. The summed E-state index contributed by atoms with van der Waals surface area (Å²) in [5.74, 6) is 2.60. The number of anilines is 2. The number of amides is 1. The Balaban J connectivity index is 0.000000244. The van der Waals surface area contributed by atoms with Gasteiger partial charge in [0, 0.05) is 78.5 Å². The van der Waals surface area contributed by atoms with Crippen molar-refractivity contribution < 1.29 is 33.6 Å². The highest BCUT2D eigenvalue weighted by molar-refractivity contribution is 6.42. The Morgan fingerprint density at radius 1 is 0.614 bits per heavy atom. The molecule has 0 bridgehead atoms. The van der Waals surface area contributed by atoms with Crippen molar-refractivity contribution in [3.05, 3.63) is 81.0 Å². The van der Waals surface area contributed by atoms with E-state index in [1.54, 1.807) is 57.7 Å². The van der Waals surface area contributed by atoms with Crippen LogP contribution >= 0.6 is 46.4 Å². The van der Waals surface area contributed by atoms with Crippen LogP contribution in [0.3, 0.4) is 0 Å². The zero-order valence-electron chi connectivity index (χ0n) is 40.2. The van der Waals surface area contributed by atoms with Crippen LogP contribution < -0.4 is 34.9 Å². The molecule has 0 radical (unpaired) electrons. The molecular weight excluding hydrogens is 978 g/mol. The molecule has 15 nitrogen and oxygen atoms in total. The summed E-state index contributed by atoms with van der Waals surface area (Å²) in [5, 5.41) is 22.0. The average Bonchev–Trinajstić information content (AvgIpc) is 3.89. The van der Waals surface area contributed by atoms with Gasteiger partial charge in [-0.3, -0.25) is 9.59 Å². The number of rotatable bonds is 12. The van der Waals surface area contributed by atoms with Gasteiger partial charge in [-0.1, -0.05) is 79.8 Å². The van der Waals surface area contributed by atoms with Crippen LogP contribution in [0, 0.1) is 23.7 Å². The van der Waals surface area contributed by atoms with Gasteiger partial charge in [0.1, 0.15) is 23.0 Å². The third kappa shape index (κ3) is 12.3. The Kier molecular flexibility index (Phi) is 19.4. The lowest BCUT2D eigenvalue weighted by atomic mass is 10.0. The van der Waals surface area contributed by atoms with Crippen molar-refractivity contribution in [1.82, 2.24) is 30.2 Å². The number of carboxylic acids is 1. The Labute approximate surface area is 429 Å². The first-order chi connectivity index (χ1) is 33.0. The molecule has 376 valence electrons. The molecule has 4 aromatic carbocycles. The van der Waals surface area contributed by atoms with Crippen LogP contribution in [0.1, 0.15) is 47.0 Å². The van der Waals surface area contributed by atoms with Gasteiger partial charge in [-0.2, -0.15) is 0 Å². The van der Waals surface area contributed by atoms with E-state index in [0.717, 1.165) is 45.8 Å². The zero-order chi connectivity index (χ0) is 50.3. The SMILES string of the molecule is C.CNC.COc1cc(OC)c(Cl)c(-c2ccc3nc(NC4CC(C(=O)O)CC4C)ncc3c2)c1Cl.COc1cc(OC)c(Cl)c(-c2ccc3nc(NC4C[C@H](C(=O)N(C)C)CC4C)ncc3c2)c1Cl. The first kappa shape index (κ1) is 55.3. The van der Waals surface area contributed by atoms with Gasteiger partial charge in [-0.15, -0.1) is 0 Å². The molecule has 0 spiro atoms. The largest absolute Gasteiger partial charge is 0.495 e. The van der Waals surface area contributed by atoms with Crippen molar-refractivity contribution in [2.24, 2.45) is 23.7 Å². The number of hydrogen-bond acceptors (Lipinski definition) is 13. The fourth-order valence-corrected chi connectivity index (χ4v) is 10.2. The van der Waals surface area contributed by atoms with Gasteiger partial charge in [0.15, 0.2) is 0 Å². The molecule has 2 aromatic heterocycles. The van der Waals surface area contributed by atoms with Crippen molar-refractivity contribution in [2.45, 2.75) is 59.0 Å². The number of carboxylic acid groups (broad SMARTS) is 1. The number of nitrogens with one attached hydrogen (secondary N) is 3. The van der Waals surface area contributed by atoms with Crippen molar-refractivity contribution in [2.75, 3.05) is 67.3 Å². The summed E-state index contributed by atoms with van der Waals surface area (Å²) < 4.78 is 21.5. The Bertz CT molecular complexity index is 2760. The van der Waals surface area contributed by atoms with E-state index in [0.29, 0.717) is 84.9 Å². The molecule has 4 N–H and O–H groups in total. The van der Waals surface area contributed by atoms with Gasteiger partial charge in [0.25, 0.3) is 0 Å². The highest BCUT2D eigenvalue weighted by Gasteiger charge is 2.37. The van der Waals surface area contributed by atoms with Crippen LogP contribution in [0.15, 0.2) is 60.9 Å². The van der Waals surface area contributed by atoms with Crippen LogP contribution in [0.2, 0.25) is 20.1 Å². The second-order valence-corrected chi connectivity index (χ2v) is 18.9. The summed E-state index contributed by atoms with van der Waals surface area (Å²) in [6.45, 7) is 4.20. The predicted molar refractivity (Wildman–Crippen MR) is 283 cm³/mol. The Hall–Kier alpha value is -5.58. The number of ether oxygens (including phenoxy) is 4. The number of hydrogen-bond donors (Lipinski definition) is 4. The smallest absolute Gasteiger partial charge is 0.306 e. The quantitative estimate of drug-likeness (QED) is 0.0908. The normalized spacial score (nSPS) is 19.2. The van der Waals surface area contributed by atoms with Gasteiger partial charge in [0.05, 0.1) is 65.5 Å². The summed E-state index contributed by atoms with van der Waals surface area (Å²) in [4.78, 5) is 43.6. The second-order valence-electron chi connectivity index (χ2n) is 17.4. The lowest BCUT2D eigenvalue weighted by Gasteiger charge is -2.18. The molecule has 2 fully saturated rings. The van der Waals surface area contributed by atoms with Gasteiger partial charge in [-0.05, 0) is 87.0 Å². The minimum absolute atomic E-state index is 0. The maximum atomic E-state index is 12.4. The predicted octanol–water partition coefficient (Wildman–Crippen LogP) is 11.5. The number of aromatic nitrogens is 4. The molecule has 2 aliphatic carbocycles. The van der Waals surface area contributed by atoms with Gasteiger partial charge < -0.3 is 44.9 Å². The first-order valence-electron chi connectivity index (χ1n) is 22.3. The molecule has 2 saturated carbocycles. The number of benzene rings is 4. The van der Waals surface area contributed by atoms with E-state index < -0.39 is 5.97 Å². The number of halogens is 4. The van der Waals surface area contributed by atoms with E-state index >= 15 is 0 Å². The van der Waals surface area contributed by atoms with Crippen LogP contribution in [-0.2, 0) is 9.59 Å². The molecular formula is C51H62Cl4N8O7. The van der Waals surface area contributed by atoms with Crippen molar-refractivity contribution in [1.29, 1.82) is 0 Å². The summed E-state index contributed by atoms with van der Waals surface area (Å²) in [7, 11) is 13.5. The highest BCUT2D eigenvalue weighted by atomic mass is 35.5. The van der Waals surface area contributed by atoms with E-state index in [1.807, 2.05) is 57.4 Å². The highest BCUT2D eigenvalue weighted by Crippen LogP contribution is 2.48. The maximum absolute atomic E-state index is 12.4. The monoisotopic (exact) mass is 1040 g/mol. The first-order valence-corrected chi connectivity index (χ1v) is 23.8. The number of aliphatic carboxylic acids is 1. The average molecular weight is 1040 g/mol. The molecule has 70 heavy (non-hydrogen) atoms. The molecule has 6 atom stereocenters. The van der Waals surface area contributed by atoms with Gasteiger partial charge >= 0.3 is 5.97 Å². The minimum atomic E-state index is -0.750. The van der Waals surface area contributed by atoms with Gasteiger partial charge in [0.2, 0.25) is 17.8 Å². The number of carbonyl (C=O) groups is 2.